The molecular weight excluding hydrogens is 811 g/mol. The maximum atomic E-state index is 12.2. The minimum atomic E-state index is -2.22. The van der Waals surface area contributed by atoms with Crippen molar-refractivity contribution in [3.63, 3.8) is 0 Å². The van der Waals surface area contributed by atoms with Crippen LogP contribution in [0.5, 0.6) is 0 Å². The van der Waals surface area contributed by atoms with Gasteiger partial charge in [-0.1, -0.05) is 29.3 Å². The molecule has 1 saturated heterocycles. The van der Waals surface area contributed by atoms with Crippen molar-refractivity contribution in [2.75, 3.05) is 37.9 Å². The number of nitrogens with one attached hydrogen (secondary N) is 4. The first-order valence-electron chi connectivity index (χ1n) is 17.8. The van der Waals surface area contributed by atoms with Crippen molar-refractivity contribution in [3.8, 4) is 22.3 Å². The molecule has 3 aliphatic rings. The van der Waals surface area contributed by atoms with Crippen LogP contribution in [0.15, 0.2) is 82.6 Å². The molecule has 1 aliphatic heterocycles. The molecule has 4 unspecified atom stereocenters. The second-order valence-electron chi connectivity index (χ2n) is 13.2. The minimum Gasteiger partial charge on any atom is -0.465 e. The molecule has 18 nitrogen and oxygen atoms in total. The number of benzene rings is 4. The van der Waals surface area contributed by atoms with Crippen LogP contribution in [-0.2, 0) is 50.9 Å². The van der Waals surface area contributed by atoms with E-state index in [2.05, 4.69) is 21.3 Å². The third-order valence-electron chi connectivity index (χ3n) is 9.60. The average Bonchev–Trinajstić information content (AvgIpc) is 3.82. The van der Waals surface area contributed by atoms with Crippen LogP contribution in [0.3, 0.4) is 0 Å². The zero-order valence-corrected chi connectivity index (χ0v) is 33.2. The van der Waals surface area contributed by atoms with E-state index in [0.29, 0.717) is 27.6 Å². The first-order chi connectivity index (χ1) is 28.2. The molecule has 0 bridgehead atoms. The molecule has 20 heteroatoms. The number of hydrogen-bond acceptors (Lipinski definition) is 11. The van der Waals surface area contributed by atoms with Gasteiger partial charge in [0.1, 0.15) is 13.2 Å². The van der Waals surface area contributed by atoms with Crippen molar-refractivity contribution in [2.24, 2.45) is 0 Å². The fourth-order valence-electron chi connectivity index (χ4n) is 6.91. The fourth-order valence-corrected chi connectivity index (χ4v) is 7.73. The summed E-state index contributed by atoms with van der Waals surface area (Å²) >= 11 is -4.32. The lowest BCUT2D eigenvalue weighted by molar-refractivity contribution is -0.177. The normalized spacial score (nSPS) is 16.5. The monoisotopic (exact) mass is 847 g/mol. The van der Waals surface area contributed by atoms with Crippen LogP contribution in [0, 0.1) is 0 Å². The molecule has 4 aromatic rings. The maximum absolute atomic E-state index is 12.2. The number of urea groups is 2. The quantitative estimate of drug-likeness (QED) is 0.0734. The number of fused-ring (bicyclic) bond motifs is 6. The number of carbonyl (C=O) groups excluding carboxylic acids is 6. The van der Waals surface area contributed by atoms with Crippen LogP contribution >= 0.6 is 0 Å². The number of amides is 6. The van der Waals surface area contributed by atoms with E-state index < -0.39 is 58.0 Å². The standard InChI is InChI=1S/C21H19N3O8S.C18H18N2O5S/c1-22-20(27)23-11-2-4-13-14-5-3-12(33(29)30)9-16(14)17(15(13)8-11)10-31-21(28)32-24-18(25)6-7-19(24)26;1-10(21)25-9-17-15-7-11(20-18(22)19-2)3-5-13(15)14-6-4-12(26(23)24)8-16(14)17/h2-5,8-9,17H,6-7,10H2,1H3,(H,29,30)(H2,22,23,27);3-8,17H,9H2,1-2H3,(H,23,24)(H2,19,20,22). The highest BCUT2D eigenvalue weighted by molar-refractivity contribution is 7.79. The second kappa shape index (κ2) is 18.0. The molecule has 6 N–H and O–H groups in total. The summed E-state index contributed by atoms with van der Waals surface area (Å²) in [4.78, 5) is 75.2. The number of nitrogens with zero attached hydrogens (tertiary/aromatic N) is 1. The summed E-state index contributed by atoms with van der Waals surface area (Å²) in [5.41, 5.74) is 7.58. The maximum Gasteiger partial charge on any atom is 0.533 e. The van der Waals surface area contributed by atoms with Crippen molar-refractivity contribution in [1.82, 2.24) is 15.7 Å². The Kier molecular flexibility index (Phi) is 12.8. The summed E-state index contributed by atoms with van der Waals surface area (Å²) in [5, 5.41) is 10.7. The van der Waals surface area contributed by atoms with Crippen LogP contribution in [0.2, 0.25) is 0 Å². The first-order valence-corrected chi connectivity index (χ1v) is 20.0. The number of imide groups is 1. The highest BCUT2D eigenvalue weighted by Crippen LogP contribution is 2.48. The molecule has 0 radical (unpaired) electrons. The molecule has 1 heterocycles. The third-order valence-corrected chi connectivity index (χ3v) is 10.9. The Labute approximate surface area is 341 Å². The number of anilines is 2. The van der Waals surface area contributed by atoms with Gasteiger partial charge >= 0.3 is 24.2 Å². The summed E-state index contributed by atoms with van der Waals surface area (Å²) in [6, 6.07) is 19.8. The van der Waals surface area contributed by atoms with E-state index >= 15 is 0 Å². The summed E-state index contributed by atoms with van der Waals surface area (Å²) in [5.74, 6) is -2.50. The van der Waals surface area contributed by atoms with Gasteiger partial charge < -0.3 is 39.8 Å². The van der Waals surface area contributed by atoms with Gasteiger partial charge in [0.15, 0.2) is 22.2 Å². The minimum absolute atomic E-state index is 0.0440. The van der Waals surface area contributed by atoms with Crippen molar-refractivity contribution in [3.05, 3.63) is 95.1 Å². The number of carbonyl (C=O) groups is 6. The molecule has 1 fully saturated rings. The van der Waals surface area contributed by atoms with Gasteiger partial charge in [-0.15, -0.1) is 0 Å². The molecule has 4 atom stereocenters. The molecule has 0 saturated carbocycles. The number of hydroxylamine groups is 2. The second-order valence-corrected chi connectivity index (χ2v) is 15.1. The van der Waals surface area contributed by atoms with Crippen molar-refractivity contribution in [2.45, 2.75) is 41.4 Å². The van der Waals surface area contributed by atoms with E-state index in [0.717, 1.165) is 33.4 Å². The summed E-state index contributed by atoms with van der Waals surface area (Å²) < 4.78 is 52.3. The SMILES string of the molecule is CNC(=O)Nc1ccc2c(c1)C(COC(=O)ON1C(=O)CCC1=O)c1cc(S(=O)O)ccc1-2.CNC(=O)Nc1ccc2c(c1)C(COC(C)=O)c1cc(S(=O)O)ccc1-2. The zero-order chi connectivity index (χ0) is 42.5. The molecule has 7 rings (SSSR count). The van der Waals surface area contributed by atoms with Crippen LogP contribution in [0.25, 0.3) is 22.3 Å². The summed E-state index contributed by atoms with van der Waals surface area (Å²) in [6.45, 7) is 1.21. The molecule has 0 spiro atoms. The van der Waals surface area contributed by atoms with Gasteiger partial charge in [-0.25, -0.2) is 22.8 Å². The fraction of sp³-hybridized carbons (Fsp3) is 0.231. The molecular formula is C39H37N5O13S2. The van der Waals surface area contributed by atoms with Gasteiger partial charge in [-0.2, -0.15) is 0 Å². The molecule has 59 heavy (non-hydrogen) atoms. The number of esters is 1. The number of rotatable bonds is 9. The summed E-state index contributed by atoms with van der Waals surface area (Å²) in [6.07, 6.45) is -1.31. The first kappa shape index (κ1) is 42.1. The lowest BCUT2D eigenvalue weighted by Crippen LogP contribution is -2.32. The molecule has 6 amide bonds. The Bertz CT molecular complexity index is 2430. The topological polar surface area (TPSA) is 256 Å². The predicted molar refractivity (Wildman–Crippen MR) is 212 cm³/mol. The van der Waals surface area contributed by atoms with Crippen molar-refractivity contribution < 1.29 is 60.6 Å². The van der Waals surface area contributed by atoms with E-state index in [-0.39, 0.29) is 47.8 Å². The van der Waals surface area contributed by atoms with E-state index in [4.69, 9.17) is 14.3 Å². The van der Waals surface area contributed by atoms with Crippen molar-refractivity contribution >= 4 is 69.5 Å². The average molecular weight is 848 g/mol. The number of ether oxygens (including phenoxy) is 2. The third kappa shape index (κ3) is 9.31. The van der Waals surface area contributed by atoms with Gasteiger partial charge in [0.05, 0.1) is 9.79 Å². The Morgan fingerprint density at radius 1 is 0.644 bits per heavy atom. The highest BCUT2D eigenvalue weighted by atomic mass is 32.2. The van der Waals surface area contributed by atoms with Crippen LogP contribution in [0.1, 0.15) is 53.9 Å². The van der Waals surface area contributed by atoms with E-state index in [1.165, 1.54) is 27.1 Å². The smallest absolute Gasteiger partial charge is 0.465 e. The Hall–Kier alpha value is -6.48. The number of hydrogen-bond donors (Lipinski definition) is 6. The van der Waals surface area contributed by atoms with Crippen molar-refractivity contribution in [1.29, 1.82) is 0 Å². The van der Waals surface area contributed by atoms with Crippen LogP contribution in [0.4, 0.5) is 25.8 Å². The Morgan fingerprint density at radius 3 is 1.42 bits per heavy atom. The largest absolute Gasteiger partial charge is 0.533 e. The summed E-state index contributed by atoms with van der Waals surface area (Å²) in [7, 11) is 3.01. The molecule has 2 aliphatic carbocycles. The predicted octanol–water partition coefficient (Wildman–Crippen LogP) is 5.04. The lowest BCUT2D eigenvalue weighted by atomic mass is 9.97. The Morgan fingerprint density at radius 2 is 1.03 bits per heavy atom. The van der Waals surface area contributed by atoms with Gasteiger partial charge in [-0.3, -0.25) is 19.2 Å². The van der Waals surface area contributed by atoms with E-state index in [1.54, 1.807) is 54.6 Å². The molecule has 308 valence electrons. The zero-order valence-electron chi connectivity index (χ0n) is 31.6. The highest BCUT2D eigenvalue weighted by Gasteiger charge is 2.36. The van der Waals surface area contributed by atoms with Crippen LogP contribution < -0.4 is 21.3 Å². The van der Waals surface area contributed by atoms with Gasteiger partial charge in [0.2, 0.25) is 0 Å². The molecule has 4 aromatic carbocycles. The van der Waals surface area contributed by atoms with Gasteiger partial charge in [-0.05, 0) is 93.0 Å². The van der Waals surface area contributed by atoms with E-state index in [9.17, 15) is 46.3 Å². The van der Waals surface area contributed by atoms with Gasteiger partial charge in [0, 0.05) is 57.1 Å². The molecule has 0 aromatic heterocycles. The van der Waals surface area contributed by atoms with E-state index in [1.807, 2.05) is 12.1 Å². The van der Waals surface area contributed by atoms with Crippen LogP contribution in [-0.4, -0.2) is 85.9 Å². The van der Waals surface area contributed by atoms with Gasteiger partial charge in [0.25, 0.3) is 11.8 Å². The Balaban J connectivity index is 0.000000204. The lowest BCUT2D eigenvalue weighted by Gasteiger charge is -2.17.